The number of hydrogen-bond donors (Lipinski definition) is 2. The molecule has 0 saturated heterocycles. The zero-order chi connectivity index (χ0) is 22.8. The lowest BCUT2D eigenvalue weighted by Gasteiger charge is -2.10. The predicted octanol–water partition coefficient (Wildman–Crippen LogP) is 4.82. The second-order valence-electron chi connectivity index (χ2n) is 7.32. The molecule has 0 fully saturated rings. The third-order valence-electron chi connectivity index (χ3n) is 5.07. The minimum Gasteiger partial charge on any atom is -0.467 e. The van der Waals surface area contributed by atoms with Gasteiger partial charge in [0.05, 0.1) is 29.1 Å². The summed E-state index contributed by atoms with van der Waals surface area (Å²) >= 11 is 2.78. The van der Waals surface area contributed by atoms with Crippen molar-refractivity contribution in [2.24, 2.45) is 0 Å². The van der Waals surface area contributed by atoms with Crippen LogP contribution in [0.4, 0.5) is 11.4 Å². The first-order chi connectivity index (χ1) is 16.1. The highest BCUT2D eigenvalue weighted by atomic mass is 32.2. The summed E-state index contributed by atoms with van der Waals surface area (Å²) in [4.78, 5) is 18.6. The zero-order valence-electron chi connectivity index (χ0n) is 17.7. The number of amides is 1. The van der Waals surface area contributed by atoms with Gasteiger partial charge >= 0.3 is 0 Å². The summed E-state index contributed by atoms with van der Waals surface area (Å²) in [7, 11) is 0. The standard InChI is InChI=1S/C23H20N6O2S2/c1-14-6-2-3-9-17(14)26-18(30)13-32-23-28-27-21(29(23)12-15-7-5-11-31-15)20-19(24)16-8-4-10-25-22(16)33-20/h2-11H,12-13,24H2,1H3,(H,26,30). The SMILES string of the molecule is Cc1ccccc1NC(=O)CSc1nnc(-c2sc3ncccc3c2N)n1Cc1ccco1. The molecule has 0 aliphatic rings. The van der Waals surface area contributed by atoms with Gasteiger partial charge in [-0.3, -0.25) is 9.36 Å². The number of nitrogen functional groups attached to an aromatic ring is 1. The summed E-state index contributed by atoms with van der Waals surface area (Å²) in [5.41, 5.74) is 8.86. The Labute approximate surface area is 197 Å². The molecule has 0 unspecified atom stereocenters. The average Bonchev–Trinajstić information content (AvgIpc) is 3.55. The van der Waals surface area contributed by atoms with E-state index in [1.165, 1.54) is 23.1 Å². The number of carbonyl (C=O) groups is 1. The highest BCUT2D eigenvalue weighted by Gasteiger charge is 2.22. The van der Waals surface area contributed by atoms with E-state index in [1.54, 1.807) is 12.5 Å². The number of rotatable bonds is 7. The van der Waals surface area contributed by atoms with Gasteiger partial charge in [0.2, 0.25) is 5.91 Å². The van der Waals surface area contributed by atoms with Crippen molar-refractivity contribution in [1.29, 1.82) is 0 Å². The molecule has 0 aliphatic carbocycles. The third kappa shape index (κ3) is 4.35. The van der Waals surface area contributed by atoms with Gasteiger partial charge in [0.15, 0.2) is 11.0 Å². The van der Waals surface area contributed by atoms with Crippen LogP contribution in [0.5, 0.6) is 0 Å². The fourth-order valence-electron chi connectivity index (χ4n) is 3.41. The Bertz CT molecular complexity index is 1420. The number of nitrogens with two attached hydrogens (primary N) is 1. The summed E-state index contributed by atoms with van der Waals surface area (Å²) < 4.78 is 7.48. The fourth-order valence-corrected chi connectivity index (χ4v) is 5.21. The molecule has 10 heteroatoms. The number of nitrogens with one attached hydrogen (secondary N) is 1. The summed E-state index contributed by atoms with van der Waals surface area (Å²) in [5.74, 6) is 1.44. The van der Waals surface area contributed by atoms with Crippen molar-refractivity contribution < 1.29 is 9.21 Å². The second-order valence-corrected chi connectivity index (χ2v) is 9.27. The first-order valence-corrected chi connectivity index (χ1v) is 12.0. The van der Waals surface area contributed by atoms with Gasteiger partial charge < -0.3 is 15.5 Å². The molecule has 0 atom stereocenters. The van der Waals surface area contributed by atoms with Gasteiger partial charge in [0, 0.05) is 17.3 Å². The Balaban J connectivity index is 1.43. The molecular weight excluding hydrogens is 456 g/mol. The number of furan rings is 1. The molecule has 1 aromatic carbocycles. The Morgan fingerprint density at radius 3 is 2.85 bits per heavy atom. The number of hydrogen-bond acceptors (Lipinski definition) is 8. The van der Waals surface area contributed by atoms with Crippen LogP contribution in [0.1, 0.15) is 11.3 Å². The molecule has 5 rings (SSSR count). The van der Waals surface area contributed by atoms with E-state index in [2.05, 4.69) is 20.5 Å². The normalized spacial score (nSPS) is 11.2. The van der Waals surface area contributed by atoms with E-state index in [4.69, 9.17) is 10.2 Å². The maximum Gasteiger partial charge on any atom is 0.234 e. The van der Waals surface area contributed by atoms with Crippen LogP contribution in [0.25, 0.3) is 20.9 Å². The van der Waals surface area contributed by atoms with Crippen molar-refractivity contribution in [3.8, 4) is 10.7 Å². The first kappa shape index (κ1) is 21.2. The number of aryl methyl sites for hydroxylation is 1. The van der Waals surface area contributed by atoms with Gasteiger partial charge in [0.25, 0.3) is 0 Å². The molecule has 0 spiro atoms. The Kier molecular flexibility index (Phi) is 5.84. The van der Waals surface area contributed by atoms with E-state index in [1.807, 2.05) is 60.0 Å². The van der Waals surface area contributed by atoms with Crippen molar-refractivity contribution in [2.75, 3.05) is 16.8 Å². The molecule has 3 N–H and O–H groups in total. The highest BCUT2D eigenvalue weighted by molar-refractivity contribution is 7.99. The molecule has 33 heavy (non-hydrogen) atoms. The van der Waals surface area contributed by atoms with Gasteiger partial charge in [-0.05, 0) is 42.8 Å². The molecule has 0 aliphatic heterocycles. The van der Waals surface area contributed by atoms with Gasteiger partial charge in [-0.2, -0.15) is 0 Å². The smallest absolute Gasteiger partial charge is 0.234 e. The lowest BCUT2D eigenvalue weighted by molar-refractivity contribution is -0.113. The van der Waals surface area contributed by atoms with Crippen LogP contribution in [0, 0.1) is 6.92 Å². The van der Waals surface area contributed by atoms with Crippen molar-refractivity contribution in [3.05, 3.63) is 72.3 Å². The summed E-state index contributed by atoms with van der Waals surface area (Å²) in [5, 5.41) is 13.2. The third-order valence-corrected chi connectivity index (χ3v) is 7.16. The quantitative estimate of drug-likeness (QED) is 0.324. The van der Waals surface area contributed by atoms with Crippen LogP contribution in [0.2, 0.25) is 0 Å². The maximum absolute atomic E-state index is 12.6. The summed E-state index contributed by atoms with van der Waals surface area (Å²) in [6.45, 7) is 2.37. The number of nitrogens with zero attached hydrogens (tertiary/aromatic N) is 4. The minimum absolute atomic E-state index is 0.117. The van der Waals surface area contributed by atoms with Crippen LogP contribution >= 0.6 is 23.1 Å². The van der Waals surface area contributed by atoms with Crippen LogP contribution in [-0.2, 0) is 11.3 Å². The predicted molar refractivity (Wildman–Crippen MR) is 131 cm³/mol. The van der Waals surface area contributed by atoms with Crippen LogP contribution < -0.4 is 11.1 Å². The number of pyridine rings is 1. The highest BCUT2D eigenvalue weighted by Crippen LogP contribution is 2.40. The molecule has 5 aromatic rings. The number of thiophene rings is 1. The Hall–Kier alpha value is -3.63. The van der Waals surface area contributed by atoms with E-state index in [0.717, 1.165) is 32.1 Å². The van der Waals surface area contributed by atoms with E-state index >= 15 is 0 Å². The number of benzene rings is 1. The number of anilines is 2. The Morgan fingerprint density at radius 2 is 2.06 bits per heavy atom. The van der Waals surface area contributed by atoms with Crippen molar-refractivity contribution in [2.45, 2.75) is 18.6 Å². The lowest BCUT2D eigenvalue weighted by Crippen LogP contribution is -2.15. The maximum atomic E-state index is 12.6. The van der Waals surface area contributed by atoms with Crippen LogP contribution in [-0.4, -0.2) is 31.4 Å². The van der Waals surface area contributed by atoms with Crippen LogP contribution in [0.3, 0.4) is 0 Å². The molecular formula is C23H20N6O2S2. The number of aromatic nitrogens is 4. The largest absolute Gasteiger partial charge is 0.467 e. The molecule has 4 aromatic heterocycles. The van der Waals surface area contributed by atoms with Crippen LogP contribution in [0.15, 0.2) is 70.6 Å². The van der Waals surface area contributed by atoms with Crippen molar-refractivity contribution in [1.82, 2.24) is 19.7 Å². The average molecular weight is 477 g/mol. The zero-order valence-corrected chi connectivity index (χ0v) is 19.3. The fraction of sp³-hybridized carbons (Fsp3) is 0.130. The van der Waals surface area contributed by atoms with Gasteiger partial charge in [-0.25, -0.2) is 4.98 Å². The van der Waals surface area contributed by atoms with E-state index < -0.39 is 0 Å². The van der Waals surface area contributed by atoms with Gasteiger partial charge in [-0.15, -0.1) is 21.5 Å². The molecule has 0 bridgehead atoms. The first-order valence-electron chi connectivity index (χ1n) is 10.2. The number of fused-ring (bicyclic) bond motifs is 1. The minimum atomic E-state index is -0.117. The van der Waals surface area contributed by atoms with Crippen molar-refractivity contribution in [3.63, 3.8) is 0 Å². The number of thioether (sulfide) groups is 1. The molecule has 8 nitrogen and oxygen atoms in total. The van der Waals surface area contributed by atoms with E-state index in [9.17, 15) is 4.79 Å². The number of para-hydroxylation sites is 1. The van der Waals surface area contributed by atoms with Gasteiger partial charge in [-0.1, -0.05) is 30.0 Å². The van der Waals surface area contributed by atoms with E-state index in [0.29, 0.717) is 23.2 Å². The molecule has 4 heterocycles. The summed E-state index contributed by atoms with van der Waals surface area (Å²) in [6.07, 6.45) is 3.36. The van der Waals surface area contributed by atoms with Crippen molar-refractivity contribution >= 4 is 50.6 Å². The second kappa shape index (κ2) is 9.08. The molecule has 0 saturated carbocycles. The number of carbonyl (C=O) groups excluding carboxylic acids is 1. The lowest BCUT2D eigenvalue weighted by atomic mass is 10.2. The molecule has 1 amide bonds. The molecule has 166 valence electrons. The monoisotopic (exact) mass is 476 g/mol. The summed E-state index contributed by atoms with van der Waals surface area (Å²) in [6, 6.07) is 15.2. The Morgan fingerprint density at radius 1 is 1.18 bits per heavy atom. The van der Waals surface area contributed by atoms with E-state index in [-0.39, 0.29) is 11.7 Å². The van der Waals surface area contributed by atoms with Gasteiger partial charge in [0.1, 0.15) is 10.6 Å². The topological polar surface area (TPSA) is 112 Å². The molecule has 0 radical (unpaired) electrons.